The summed E-state index contributed by atoms with van der Waals surface area (Å²) in [6.07, 6.45) is 3.95. The maximum absolute atomic E-state index is 3.65. The van der Waals surface area contributed by atoms with Crippen LogP contribution in [0.5, 0.6) is 0 Å². The predicted molar refractivity (Wildman–Crippen MR) is 92.9 cm³/mol. The van der Waals surface area contributed by atoms with E-state index in [4.69, 9.17) is 0 Å². The highest BCUT2D eigenvalue weighted by Crippen LogP contribution is 2.27. The Balaban J connectivity index is 1.66. The molecule has 1 saturated carbocycles. The normalized spacial score (nSPS) is 20.0. The molecule has 1 aliphatic carbocycles. The van der Waals surface area contributed by atoms with Gasteiger partial charge in [-0.1, -0.05) is 22.9 Å². The Morgan fingerprint density at radius 3 is 2.62 bits per heavy atom. The van der Waals surface area contributed by atoms with Crippen LogP contribution in [0, 0.1) is 0 Å². The summed E-state index contributed by atoms with van der Waals surface area (Å²) in [5.74, 6) is 0. The minimum absolute atomic E-state index is 0.762. The van der Waals surface area contributed by atoms with Gasteiger partial charge in [-0.25, -0.2) is 0 Å². The van der Waals surface area contributed by atoms with E-state index in [1.807, 2.05) is 0 Å². The van der Waals surface area contributed by atoms with Gasteiger partial charge >= 0.3 is 0 Å². The van der Waals surface area contributed by atoms with Gasteiger partial charge in [0.25, 0.3) is 0 Å². The first-order chi connectivity index (χ1) is 10.3. The minimum Gasteiger partial charge on any atom is -0.369 e. The average Bonchev–Trinajstić information content (AvgIpc) is 3.31. The largest absolute Gasteiger partial charge is 0.369 e. The van der Waals surface area contributed by atoms with E-state index in [0.717, 1.165) is 25.7 Å². The molecule has 1 aliphatic heterocycles. The van der Waals surface area contributed by atoms with Crippen LogP contribution < -0.4 is 10.2 Å². The quantitative estimate of drug-likeness (QED) is 0.848. The van der Waals surface area contributed by atoms with Crippen LogP contribution >= 0.6 is 15.9 Å². The van der Waals surface area contributed by atoms with Gasteiger partial charge in [-0.05, 0) is 49.6 Å². The van der Waals surface area contributed by atoms with E-state index in [1.54, 1.807) is 0 Å². The molecule has 0 bridgehead atoms. The Labute approximate surface area is 136 Å². The minimum atomic E-state index is 0.762. The topological polar surface area (TPSA) is 18.5 Å². The molecule has 3 nitrogen and oxygen atoms in total. The van der Waals surface area contributed by atoms with Gasteiger partial charge in [-0.15, -0.1) is 0 Å². The van der Waals surface area contributed by atoms with E-state index in [2.05, 4.69) is 56.2 Å². The zero-order chi connectivity index (χ0) is 14.7. The molecule has 0 unspecified atom stereocenters. The highest BCUT2D eigenvalue weighted by molar-refractivity contribution is 9.10. The van der Waals surface area contributed by atoms with Gasteiger partial charge in [-0.3, -0.25) is 4.90 Å². The molecule has 21 heavy (non-hydrogen) atoms. The molecule has 0 aromatic heterocycles. The molecular weight excluding hydrogens is 326 g/mol. The van der Waals surface area contributed by atoms with Crippen molar-refractivity contribution in [1.82, 2.24) is 10.2 Å². The van der Waals surface area contributed by atoms with E-state index in [-0.39, 0.29) is 0 Å². The maximum Gasteiger partial charge on any atom is 0.0413 e. The lowest BCUT2D eigenvalue weighted by Crippen LogP contribution is -2.46. The Bertz CT molecular complexity index is 465. The second-order valence-electron chi connectivity index (χ2n) is 6.26. The summed E-state index contributed by atoms with van der Waals surface area (Å²) in [5, 5.41) is 3.65. The fourth-order valence-electron chi connectivity index (χ4n) is 3.07. The van der Waals surface area contributed by atoms with Gasteiger partial charge in [0.2, 0.25) is 0 Å². The van der Waals surface area contributed by atoms with Crippen molar-refractivity contribution in [3.8, 4) is 0 Å². The molecule has 0 spiro atoms. The van der Waals surface area contributed by atoms with Crippen molar-refractivity contribution in [2.75, 3.05) is 37.6 Å². The third-order valence-corrected chi connectivity index (χ3v) is 4.95. The maximum atomic E-state index is 3.65. The Morgan fingerprint density at radius 2 is 1.95 bits per heavy atom. The lowest BCUT2D eigenvalue weighted by molar-refractivity contribution is 0.258. The number of piperazine rings is 1. The van der Waals surface area contributed by atoms with E-state index in [0.29, 0.717) is 0 Å². The number of anilines is 1. The number of halogens is 1. The molecule has 1 aromatic rings. The van der Waals surface area contributed by atoms with E-state index >= 15 is 0 Å². The number of hydrogen-bond donors (Lipinski definition) is 1. The SMILES string of the molecule is CCCN1CCN(c2ccc(Br)cc2CNC2CC2)CC1. The predicted octanol–water partition coefficient (Wildman–Crippen LogP) is 3.23. The van der Waals surface area contributed by atoms with Gasteiger partial charge in [-0.2, -0.15) is 0 Å². The smallest absolute Gasteiger partial charge is 0.0413 e. The summed E-state index contributed by atoms with van der Waals surface area (Å²) in [4.78, 5) is 5.14. The Morgan fingerprint density at radius 1 is 1.19 bits per heavy atom. The van der Waals surface area contributed by atoms with Crippen LogP contribution in [0.1, 0.15) is 31.7 Å². The summed E-state index contributed by atoms with van der Waals surface area (Å²) in [5.41, 5.74) is 2.85. The van der Waals surface area contributed by atoms with Gasteiger partial charge in [0.1, 0.15) is 0 Å². The summed E-state index contributed by atoms with van der Waals surface area (Å²) in [6, 6.07) is 7.50. The van der Waals surface area contributed by atoms with Gasteiger partial charge in [0, 0.05) is 48.9 Å². The molecule has 3 rings (SSSR count). The van der Waals surface area contributed by atoms with Crippen LogP contribution in [0.2, 0.25) is 0 Å². The van der Waals surface area contributed by atoms with Crippen molar-refractivity contribution < 1.29 is 0 Å². The lowest BCUT2D eigenvalue weighted by Gasteiger charge is -2.37. The van der Waals surface area contributed by atoms with Gasteiger partial charge < -0.3 is 10.2 Å². The lowest BCUT2D eigenvalue weighted by atomic mass is 10.1. The molecule has 2 fully saturated rings. The zero-order valence-corrected chi connectivity index (χ0v) is 14.5. The Kier molecular flexibility index (Phi) is 5.19. The van der Waals surface area contributed by atoms with E-state index < -0.39 is 0 Å². The summed E-state index contributed by atoms with van der Waals surface area (Å²) in [6.45, 7) is 9.19. The van der Waals surface area contributed by atoms with Crippen molar-refractivity contribution in [2.45, 2.75) is 38.8 Å². The van der Waals surface area contributed by atoms with Gasteiger partial charge in [0.15, 0.2) is 0 Å². The summed E-state index contributed by atoms with van der Waals surface area (Å²) in [7, 11) is 0. The number of hydrogen-bond acceptors (Lipinski definition) is 3. The van der Waals surface area contributed by atoms with Crippen LogP contribution in [0.4, 0.5) is 5.69 Å². The monoisotopic (exact) mass is 351 g/mol. The second-order valence-corrected chi connectivity index (χ2v) is 7.17. The fraction of sp³-hybridized carbons (Fsp3) is 0.647. The van der Waals surface area contributed by atoms with Crippen molar-refractivity contribution in [1.29, 1.82) is 0 Å². The third kappa shape index (κ3) is 4.21. The standard InChI is InChI=1S/C17H26BrN3/c1-2-7-20-8-10-21(11-9-20)17-6-3-15(18)12-14(17)13-19-16-4-5-16/h3,6,12,16,19H,2,4-5,7-11,13H2,1H3. The molecule has 2 aliphatic rings. The first kappa shape index (κ1) is 15.3. The number of rotatable bonds is 6. The molecular formula is C17H26BrN3. The van der Waals surface area contributed by atoms with Crippen LogP contribution in [-0.4, -0.2) is 43.7 Å². The van der Waals surface area contributed by atoms with E-state index in [9.17, 15) is 0 Å². The molecule has 0 radical (unpaired) electrons. The molecule has 1 aromatic carbocycles. The van der Waals surface area contributed by atoms with Gasteiger partial charge in [0.05, 0.1) is 0 Å². The fourth-order valence-corrected chi connectivity index (χ4v) is 3.48. The van der Waals surface area contributed by atoms with Crippen molar-refractivity contribution >= 4 is 21.6 Å². The zero-order valence-electron chi connectivity index (χ0n) is 12.9. The molecule has 116 valence electrons. The molecule has 1 heterocycles. The van der Waals surface area contributed by atoms with Crippen molar-refractivity contribution in [2.24, 2.45) is 0 Å². The number of benzene rings is 1. The second kappa shape index (κ2) is 7.12. The first-order valence-corrected chi connectivity index (χ1v) is 9.04. The molecule has 0 atom stereocenters. The molecule has 0 amide bonds. The number of nitrogens with zero attached hydrogens (tertiary/aromatic N) is 2. The number of nitrogens with one attached hydrogen (secondary N) is 1. The summed E-state index contributed by atoms with van der Waals surface area (Å²) >= 11 is 3.62. The highest BCUT2D eigenvalue weighted by atomic mass is 79.9. The third-order valence-electron chi connectivity index (χ3n) is 4.45. The molecule has 1 saturated heterocycles. The van der Waals surface area contributed by atoms with Crippen molar-refractivity contribution in [3.05, 3.63) is 28.2 Å². The first-order valence-electron chi connectivity index (χ1n) is 8.25. The summed E-state index contributed by atoms with van der Waals surface area (Å²) < 4.78 is 1.18. The van der Waals surface area contributed by atoms with Crippen LogP contribution in [0.25, 0.3) is 0 Å². The molecule has 1 N–H and O–H groups in total. The Hall–Kier alpha value is -0.580. The van der Waals surface area contributed by atoms with Crippen LogP contribution in [-0.2, 0) is 6.54 Å². The van der Waals surface area contributed by atoms with Crippen molar-refractivity contribution in [3.63, 3.8) is 0 Å². The average molecular weight is 352 g/mol. The highest BCUT2D eigenvalue weighted by Gasteiger charge is 2.22. The van der Waals surface area contributed by atoms with Crippen LogP contribution in [0.15, 0.2) is 22.7 Å². The molecule has 4 heteroatoms. The van der Waals surface area contributed by atoms with E-state index in [1.165, 1.54) is 54.6 Å². The van der Waals surface area contributed by atoms with Crippen LogP contribution in [0.3, 0.4) is 0 Å².